The molecule has 96 valence electrons. The highest BCUT2D eigenvalue weighted by molar-refractivity contribution is 5.69. The molecule has 0 spiro atoms. The van der Waals surface area contributed by atoms with Gasteiger partial charge in [0.05, 0.1) is 17.4 Å². The zero-order valence-corrected chi connectivity index (χ0v) is 10.5. The first-order valence-electron chi connectivity index (χ1n) is 6.10. The van der Waals surface area contributed by atoms with Gasteiger partial charge >= 0.3 is 0 Å². The van der Waals surface area contributed by atoms with Gasteiger partial charge in [-0.25, -0.2) is 9.67 Å². The molecule has 0 atom stereocenters. The molecular formula is C13H14N6. The summed E-state index contributed by atoms with van der Waals surface area (Å²) in [4.78, 5) is 4.37. The van der Waals surface area contributed by atoms with Gasteiger partial charge in [0.2, 0.25) is 0 Å². The van der Waals surface area contributed by atoms with Crippen LogP contribution in [0.2, 0.25) is 0 Å². The van der Waals surface area contributed by atoms with Gasteiger partial charge in [0, 0.05) is 6.42 Å². The van der Waals surface area contributed by atoms with Gasteiger partial charge in [0.1, 0.15) is 11.6 Å². The summed E-state index contributed by atoms with van der Waals surface area (Å²) in [7, 11) is 0. The average molecular weight is 254 g/mol. The number of hydrogen-bond acceptors (Lipinski definition) is 4. The molecule has 1 aromatic carbocycles. The Morgan fingerprint density at radius 1 is 1.26 bits per heavy atom. The van der Waals surface area contributed by atoms with Gasteiger partial charge in [-0.15, -0.1) is 0 Å². The minimum atomic E-state index is 0.535. The number of rotatable bonds is 3. The zero-order chi connectivity index (χ0) is 13.2. The number of H-pyrrole nitrogens is 1. The summed E-state index contributed by atoms with van der Waals surface area (Å²) in [6.45, 7) is 2.01. The molecule has 0 fully saturated rings. The second-order valence-corrected chi connectivity index (χ2v) is 4.15. The second-order valence-electron chi connectivity index (χ2n) is 4.15. The maximum absolute atomic E-state index is 6.12. The number of anilines is 1. The SMILES string of the molecule is CCc1nc(-c2cnn(-c3ccccc3)c2N)n[nH]1. The van der Waals surface area contributed by atoms with Gasteiger partial charge in [-0.05, 0) is 12.1 Å². The monoisotopic (exact) mass is 254 g/mol. The molecule has 3 N–H and O–H groups in total. The standard InChI is InChI=1S/C13H14N6/c1-2-11-16-13(18-17-11)10-8-15-19(12(10)14)9-6-4-3-5-7-9/h3-8H,2,14H2,1H3,(H,16,17,18). The molecule has 0 saturated carbocycles. The van der Waals surface area contributed by atoms with Gasteiger partial charge in [0.25, 0.3) is 0 Å². The maximum atomic E-state index is 6.12. The average Bonchev–Trinajstić information content (AvgIpc) is 3.06. The largest absolute Gasteiger partial charge is 0.383 e. The van der Waals surface area contributed by atoms with Crippen molar-refractivity contribution in [3.63, 3.8) is 0 Å². The minimum Gasteiger partial charge on any atom is -0.383 e. The van der Waals surface area contributed by atoms with E-state index in [4.69, 9.17) is 5.73 Å². The second kappa shape index (κ2) is 4.56. The number of para-hydroxylation sites is 1. The number of aromatic amines is 1. The molecule has 3 rings (SSSR count). The Balaban J connectivity index is 2.04. The fraction of sp³-hybridized carbons (Fsp3) is 0.154. The normalized spacial score (nSPS) is 10.8. The van der Waals surface area contributed by atoms with Gasteiger partial charge in [0.15, 0.2) is 5.82 Å². The third-order valence-corrected chi connectivity index (χ3v) is 2.91. The molecule has 0 radical (unpaired) electrons. The van der Waals surface area contributed by atoms with E-state index < -0.39 is 0 Å². The van der Waals surface area contributed by atoms with Gasteiger partial charge < -0.3 is 5.73 Å². The molecule has 0 aliphatic rings. The number of nitrogens with zero attached hydrogens (tertiary/aromatic N) is 4. The summed E-state index contributed by atoms with van der Waals surface area (Å²) in [6, 6.07) is 9.73. The van der Waals surface area contributed by atoms with Crippen molar-refractivity contribution in [1.29, 1.82) is 0 Å². The molecule has 0 bridgehead atoms. The number of nitrogens with one attached hydrogen (secondary N) is 1. The molecule has 3 aromatic rings. The Kier molecular flexibility index (Phi) is 2.75. The number of nitrogen functional groups attached to an aromatic ring is 1. The van der Waals surface area contributed by atoms with Crippen LogP contribution >= 0.6 is 0 Å². The first-order chi connectivity index (χ1) is 9.29. The Morgan fingerprint density at radius 3 is 2.74 bits per heavy atom. The van der Waals surface area contributed by atoms with Gasteiger partial charge in [-0.3, -0.25) is 5.10 Å². The first kappa shape index (κ1) is 11.5. The van der Waals surface area contributed by atoms with Crippen LogP contribution in [0.5, 0.6) is 0 Å². The van der Waals surface area contributed by atoms with Crippen molar-refractivity contribution in [2.24, 2.45) is 0 Å². The Labute approximate surface area is 110 Å². The van der Waals surface area contributed by atoms with E-state index in [0.717, 1.165) is 23.5 Å². The quantitative estimate of drug-likeness (QED) is 0.746. The van der Waals surface area contributed by atoms with Crippen LogP contribution in [0.15, 0.2) is 36.5 Å². The number of aryl methyl sites for hydroxylation is 1. The van der Waals surface area contributed by atoms with Crippen molar-refractivity contribution in [1.82, 2.24) is 25.0 Å². The summed E-state index contributed by atoms with van der Waals surface area (Å²) in [5, 5.41) is 11.3. The number of hydrogen-bond donors (Lipinski definition) is 2. The lowest BCUT2D eigenvalue weighted by molar-refractivity contribution is 0.891. The van der Waals surface area contributed by atoms with Crippen LogP contribution in [0, 0.1) is 0 Å². The van der Waals surface area contributed by atoms with E-state index in [-0.39, 0.29) is 0 Å². The summed E-state index contributed by atoms with van der Waals surface area (Å²) in [5.41, 5.74) is 7.77. The third-order valence-electron chi connectivity index (χ3n) is 2.91. The van der Waals surface area contributed by atoms with Crippen molar-refractivity contribution in [3.05, 3.63) is 42.4 Å². The first-order valence-corrected chi connectivity index (χ1v) is 6.10. The van der Waals surface area contributed by atoms with E-state index in [2.05, 4.69) is 20.3 Å². The van der Waals surface area contributed by atoms with E-state index in [1.54, 1.807) is 10.9 Å². The fourth-order valence-corrected chi connectivity index (χ4v) is 1.88. The van der Waals surface area contributed by atoms with Crippen LogP contribution in [-0.2, 0) is 6.42 Å². The van der Waals surface area contributed by atoms with E-state index in [9.17, 15) is 0 Å². The lowest BCUT2D eigenvalue weighted by atomic mass is 10.3. The molecule has 2 aromatic heterocycles. The molecule has 0 amide bonds. The lowest BCUT2D eigenvalue weighted by Gasteiger charge is -2.03. The number of aromatic nitrogens is 5. The Bertz CT molecular complexity index is 682. The molecule has 19 heavy (non-hydrogen) atoms. The van der Waals surface area contributed by atoms with Crippen LogP contribution in [-0.4, -0.2) is 25.0 Å². The van der Waals surface area contributed by atoms with Crippen LogP contribution in [0.4, 0.5) is 5.82 Å². The number of benzene rings is 1. The molecular weight excluding hydrogens is 240 g/mol. The molecule has 0 aliphatic heterocycles. The molecule has 6 nitrogen and oxygen atoms in total. The van der Waals surface area contributed by atoms with Crippen molar-refractivity contribution < 1.29 is 0 Å². The molecule has 6 heteroatoms. The van der Waals surface area contributed by atoms with Gasteiger partial charge in [-0.2, -0.15) is 10.2 Å². The predicted molar refractivity (Wildman–Crippen MR) is 72.7 cm³/mol. The highest BCUT2D eigenvalue weighted by Gasteiger charge is 2.14. The van der Waals surface area contributed by atoms with Crippen LogP contribution in [0.1, 0.15) is 12.7 Å². The zero-order valence-electron chi connectivity index (χ0n) is 10.5. The highest BCUT2D eigenvalue weighted by Crippen LogP contribution is 2.24. The Morgan fingerprint density at radius 2 is 2.05 bits per heavy atom. The van der Waals surface area contributed by atoms with Crippen LogP contribution < -0.4 is 5.73 Å². The highest BCUT2D eigenvalue weighted by atomic mass is 15.3. The predicted octanol–water partition coefficient (Wildman–Crippen LogP) is 1.80. The summed E-state index contributed by atoms with van der Waals surface area (Å²) < 4.78 is 1.68. The smallest absolute Gasteiger partial charge is 0.186 e. The molecule has 0 saturated heterocycles. The van der Waals surface area contributed by atoms with Crippen molar-refractivity contribution in [2.45, 2.75) is 13.3 Å². The van der Waals surface area contributed by atoms with E-state index in [1.165, 1.54) is 0 Å². The van der Waals surface area contributed by atoms with Crippen LogP contribution in [0.3, 0.4) is 0 Å². The Hall–Kier alpha value is -2.63. The molecule has 0 unspecified atom stereocenters. The topological polar surface area (TPSA) is 85.4 Å². The summed E-state index contributed by atoms with van der Waals surface area (Å²) in [6.07, 6.45) is 2.49. The maximum Gasteiger partial charge on any atom is 0.186 e. The fourth-order valence-electron chi connectivity index (χ4n) is 1.88. The van der Waals surface area contributed by atoms with Gasteiger partial charge in [-0.1, -0.05) is 25.1 Å². The van der Waals surface area contributed by atoms with Crippen molar-refractivity contribution in [3.8, 4) is 17.1 Å². The third kappa shape index (κ3) is 1.97. The van der Waals surface area contributed by atoms with E-state index in [1.807, 2.05) is 37.3 Å². The summed E-state index contributed by atoms with van der Waals surface area (Å²) in [5.74, 6) is 1.95. The molecule has 2 heterocycles. The minimum absolute atomic E-state index is 0.535. The van der Waals surface area contributed by atoms with Crippen molar-refractivity contribution in [2.75, 3.05) is 5.73 Å². The van der Waals surface area contributed by atoms with Crippen molar-refractivity contribution >= 4 is 5.82 Å². The summed E-state index contributed by atoms with van der Waals surface area (Å²) >= 11 is 0. The van der Waals surface area contributed by atoms with Crippen LogP contribution in [0.25, 0.3) is 17.1 Å². The van der Waals surface area contributed by atoms with E-state index >= 15 is 0 Å². The molecule has 0 aliphatic carbocycles. The lowest BCUT2D eigenvalue weighted by Crippen LogP contribution is -2.02. The van der Waals surface area contributed by atoms with E-state index in [0.29, 0.717) is 11.6 Å². The number of nitrogens with two attached hydrogens (primary N) is 1.